The SMILES string of the molecule is CCc1ccc(C2c3c(-c4ccccc4O)n[nH]c3C(=O)N2CCCOC)cc1. The molecule has 6 nitrogen and oxygen atoms in total. The molecule has 4 rings (SSSR count). The summed E-state index contributed by atoms with van der Waals surface area (Å²) in [6, 6.07) is 15.2. The minimum Gasteiger partial charge on any atom is -0.507 e. The van der Waals surface area contributed by atoms with E-state index in [0.717, 1.165) is 24.0 Å². The van der Waals surface area contributed by atoms with Gasteiger partial charge in [-0.25, -0.2) is 0 Å². The lowest BCUT2D eigenvalue weighted by atomic mass is 9.95. The molecule has 3 aromatic rings. The normalized spacial score (nSPS) is 15.7. The number of ether oxygens (including phenoxy) is 1. The first kappa shape index (κ1) is 19.2. The molecule has 6 heteroatoms. The third-order valence-electron chi connectivity index (χ3n) is 5.47. The second kappa shape index (κ2) is 8.09. The molecule has 0 fully saturated rings. The third kappa shape index (κ3) is 3.40. The number of nitrogens with one attached hydrogen (secondary N) is 1. The maximum atomic E-state index is 13.2. The van der Waals surface area contributed by atoms with Crippen molar-refractivity contribution in [1.29, 1.82) is 0 Å². The van der Waals surface area contributed by atoms with Gasteiger partial charge in [-0.3, -0.25) is 9.89 Å². The Morgan fingerprint density at radius 3 is 2.62 bits per heavy atom. The molecule has 1 atom stereocenters. The van der Waals surface area contributed by atoms with Crippen LogP contribution in [0.2, 0.25) is 0 Å². The number of fused-ring (bicyclic) bond motifs is 1. The first-order chi connectivity index (χ1) is 14.2. The van der Waals surface area contributed by atoms with Gasteiger partial charge in [0.1, 0.15) is 17.1 Å². The van der Waals surface area contributed by atoms with Crippen LogP contribution < -0.4 is 0 Å². The fourth-order valence-electron chi connectivity index (χ4n) is 3.97. The first-order valence-electron chi connectivity index (χ1n) is 9.91. The average molecular weight is 391 g/mol. The molecule has 1 aromatic heterocycles. The van der Waals surface area contributed by atoms with E-state index in [4.69, 9.17) is 4.74 Å². The molecule has 0 spiro atoms. The van der Waals surface area contributed by atoms with Gasteiger partial charge in [0.2, 0.25) is 0 Å². The summed E-state index contributed by atoms with van der Waals surface area (Å²) in [4.78, 5) is 15.0. The number of carbonyl (C=O) groups excluding carboxylic acids is 1. The molecule has 1 aliphatic rings. The summed E-state index contributed by atoms with van der Waals surface area (Å²) in [5.74, 6) is 0.0713. The Labute approximate surface area is 170 Å². The summed E-state index contributed by atoms with van der Waals surface area (Å²) in [6.45, 7) is 3.29. The highest BCUT2D eigenvalue weighted by molar-refractivity contribution is 6.00. The Bertz CT molecular complexity index is 1010. The van der Waals surface area contributed by atoms with Crippen LogP contribution in [-0.2, 0) is 11.2 Å². The Kier molecular flexibility index (Phi) is 5.36. The molecule has 0 radical (unpaired) electrons. The summed E-state index contributed by atoms with van der Waals surface area (Å²) in [6.07, 6.45) is 1.71. The number of phenols is 1. The van der Waals surface area contributed by atoms with Crippen LogP contribution >= 0.6 is 0 Å². The number of amides is 1. The number of para-hydroxylation sites is 1. The van der Waals surface area contributed by atoms with E-state index >= 15 is 0 Å². The average Bonchev–Trinajstić information content (AvgIpc) is 3.28. The Balaban J connectivity index is 1.82. The summed E-state index contributed by atoms with van der Waals surface area (Å²) in [7, 11) is 1.66. The van der Waals surface area contributed by atoms with Gasteiger partial charge in [0.25, 0.3) is 5.91 Å². The number of methoxy groups -OCH3 is 1. The maximum absolute atomic E-state index is 13.2. The molecule has 29 heavy (non-hydrogen) atoms. The Morgan fingerprint density at radius 1 is 1.17 bits per heavy atom. The monoisotopic (exact) mass is 391 g/mol. The van der Waals surface area contributed by atoms with E-state index in [1.807, 2.05) is 17.0 Å². The van der Waals surface area contributed by atoms with Crippen LogP contribution in [0.4, 0.5) is 0 Å². The summed E-state index contributed by atoms with van der Waals surface area (Å²) in [5.41, 5.74) is 4.82. The van der Waals surface area contributed by atoms with Crippen molar-refractivity contribution in [2.45, 2.75) is 25.8 Å². The lowest BCUT2D eigenvalue weighted by Gasteiger charge is -2.26. The zero-order chi connectivity index (χ0) is 20.4. The standard InChI is InChI=1S/C23H25N3O3/c1-3-15-9-11-16(12-10-15)22-19-20(17-7-4-5-8-18(17)27)24-25-21(19)23(28)26(22)13-6-14-29-2/h4-5,7-12,22,27H,3,6,13-14H2,1-2H3,(H,24,25). The number of hydrogen-bond donors (Lipinski definition) is 2. The second-order valence-electron chi connectivity index (χ2n) is 7.22. The van der Waals surface area contributed by atoms with E-state index in [2.05, 4.69) is 41.4 Å². The van der Waals surface area contributed by atoms with Gasteiger partial charge in [0.15, 0.2) is 0 Å². The lowest BCUT2D eigenvalue weighted by Crippen LogP contribution is -2.31. The van der Waals surface area contributed by atoms with Gasteiger partial charge in [-0.15, -0.1) is 0 Å². The van der Waals surface area contributed by atoms with Gasteiger partial charge in [-0.05, 0) is 36.1 Å². The number of rotatable bonds is 7. The van der Waals surface area contributed by atoms with E-state index in [0.29, 0.717) is 30.1 Å². The van der Waals surface area contributed by atoms with Crippen LogP contribution in [0.3, 0.4) is 0 Å². The number of H-pyrrole nitrogens is 1. The van der Waals surface area contributed by atoms with Gasteiger partial charge in [-0.2, -0.15) is 5.10 Å². The van der Waals surface area contributed by atoms with Crippen LogP contribution in [-0.4, -0.2) is 46.4 Å². The van der Waals surface area contributed by atoms with Crippen molar-refractivity contribution < 1.29 is 14.6 Å². The van der Waals surface area contributed by atoms with E-state index in [1.54, 1.807) is 19.2 Å². The predicted octanol–water partition coefficient (Wildman–Crippen LogP) is 3.93. The third-order valence-corrected chi connectivity index (χ3v) is 5.47. The summed E-state index contributed by atoms with van der Waals surface area (Å²) >= 11 is 0. The molecular weight excluding hydrogens is 366 g/mol. The molecule has 1 amide bonds. The van der Waals surface area contributed by atoms with Crippen molar-refractivity contribution in [2.24, 2.45) is 0 Å². The molecule has 0 bridgehead atoms. The number of hydrogen-bond acceptors (Lipinski definition) is 4. The molecular formula is C23H25N3O3. The number of phenolic OH excluding ortho intramolecular Hbond substituents is 1. The molecule has 1 aliphatic heterocycles. The highest BCUT2D eigenvalue weighted by atomic mass is 16.5. The van der Waals surface area contributed by atoms with Gasteiger partial charge < -0.3 is 14.7 Å². The summed E-state index contributed by atoms with van der Waals surface area (Å²) in [5, 5.41) is 17.7. The molecule has 2 N–H and O–H groups in total. The van der Waals surface area contributed by atoms with Crippen LogP contribution in [0, 0.1) is 0 Å². The topological polar surface area (TPSA) is 78.5 Å². The Hall–Kier alpha value is -3.12. The minimum atomic E-state index is -0.256. The Morgan fingerprint density at radius 2 is 1.93 bits per heavy atom. The molecule has 0 aliphatic carbocycles. The smallest absolute Gasteiger partial charge is 0.273 e. The molecule has 150 valence electrons. The quantitative estimate of drug-likeness (QED) is 0.598. The van der Waals surface area contributed by atoms with Crippen LogP contribution in [0.15, 0.2) is 48.5 Å². The van der Waals surface area contributed by atoms with Gasteiger partial charge in [0.05, 0.1) is 6.04 Å². The fraction of sp³-hybridized carbons (Fsp3) is 0.304. The molecule has 2 aromatic carbocycles. The number of nitrogens with zero attached hydrogens (tertiary/aromatic N) is 2. The summed E-state index contributed by atoms with van der Waals surface area (Å²) < 4.78 is 5.18. The van der Waals surface area contributed by atoms with Crippen LogP contribution in [0.1, 0.15) is 46.6 Å². The van der Waals surface area contributed by atoms with Crippen molar-refractivity contribution in [3.05, 3.63) is 70.9 Å². The number of aromatic amines is 1. The van der Waals surface area contributed by atoms with Gasteiger partial charge in [0, 0.05) is 31.4 Å². The van der Waals surface area contributed by atoms with Gasteiger partial charge >= 0.3 is 0 Å². The fourth-order valence-corrected chi connectivity index (χ4v) is 3.97. The van der Waals surface area contributed by atoms with Crippen LogP contribution in [0.5, 0.6) is 5.75 Å². The van der Waals surface area contributed by atoms with Crippen molar-refractivity contribution in [3.63, 3.8) is 0 Å². The number of aromatic hydroxyl groups is 1. The van der Waals surface area contributed by atoms with Crippen LogP contribution in [0.25, 0.3) is 11.3 Å². The molecule has 1 unspecified atom stereocenters. The molecule has 0 saturated heterocycles. The van der Waals surface area contributed by atoms with Crippen molar-refractivity contribution in [3.8, 4) is 17.0 Å². The number of carbonyl (C=O) groups is 1. The molecule has 2 heterocycles. The van der Waals surface area contributed by atoms with E-state index in [9.17, 15) is 9.90 Å². The zero-order valence-electron chi connectivity index (χ0n) is 16.7. The van der Waals surface area contributed by atoms with Crippen molar-refractivity contribution in [2.75, 3.05) is 20.3 Å². The predicted molar refractivity (Wildman–Crippen MR) is 111 cm³/mol. The number of aromatic nitrogens is 2. The number of aryl methyl sites for hydroxylation is 1. The lowest BCUT2D eigenvalue weighted by molar-refractivity contribution is 0.0723. The van der Waals surface area contributed by atoms with E-state index in [1.165, 1.54) is 5.56 Å². The van der Waals surface area contributed by atoms with Crippen molar-refractivity contribution in [1.82, 2.24) is 15.1 Å². The maximum Gasteiger partial charge on any atom is 0.273 e. The highest BCUT2D eigenvalue weighted by Crippen LogP contribution is 2.44. The van der Waals surface area contributed by atoms with Crippen molar-refractivity contribution >= 4 is 5.91 Å². The van der Waals surface area contributed by atoms with Gasteiger partial charge in [-0.1, -0.05) is 43.3 Å². The van der Waals surface area contributed by atoms with E-state index < -0.39 is 0 Å². The van der Waals surface area contributed by atoms with E-state index in [-0.39, 0.29) is 17.7 Å². The molecule has 0 saturated carbocycles. The number of benzene rings is 2. The minimum absolute atomic E-state index is 0.0742. The second-order valence-corrected chi connectivity index (χ2v) is 7.22. The largest absolute Gasteiger partial charge is 0.507 e. The first-order valence-corrected chi connectivity index (χ1v) is 9.91. The zero-order valence-corrected chi connectivity index (χ0v) is 16.7. The highest BCUT2D eigenvalue weighted by Gasteiger charge is 2.42.